The third kappa shape index (κ3) is 3.51. The maximum absolute atomic E-state index is 12.5. The Morgan fingerprint density at radius 1 is 1.43 bits per heavy atom. The van der Waals surface area contributed by atoms with E-state index < -0.39 is 5.92 Å². The van der Waals surface area contributed by atoms with Gasteiger partial charge in [-0.25, -0.2) is 0 Å². The van der Waals surface area contributed by atoms with E-state index in [1.54, 1.807) is 11.0 Å². The van der Waals surface area contributed by atoms with Crippen molar-refractivity contribution in [3.63, 3.8) is 0 Å². The van der Waals surface area contributed by atoms with Crippen molar-refractivity contribution in [2.45, 2.75) is 32.3 Å². The van der Waals surface area contributed by atoms with Crippen LogP contribution in [0, 0.1) is 12.8 Å². The number of hydrogen-bond donors (Lipinski definition) is 1. The van der Waals surface area contributed by atoms with E-state index in [0.29, 0.717) is 24.5 Å². The molecule has 6 heteroatoms. The minimum absolute atomic E-state index is 0.0884. The molecular weight excluding hydrogens is 316 g/mol. The molecule has 2 fully saturated rings. The van der Waals surface area contributed by atoms with Crippen molar-refractivity contribution in [3.8, 4) is 0 Å². The first-order valence-electron chi connectivity index (χ1n) is 8.03. The Labute approximate surface area is 140 Å². The van der Waals surface area contributed by atoms with E-state index in [9.17, 15) is 9.59 Å². The van der Waals surface area contributed by atoms with E-state index in [0.717, 1.165) is 30.7 Å². The third-order valence-electron chi connectivity index (χ3n) is 4.50. The summed E-state index contributed by atoms with van der Waals surface area (Å²) in [6.45, 7) is 3.70. The lowest BCUT2D eigenvalue weighted by molar-refractivity contribution is -0.132. The summed E-state index contributed by atoms with van der Waals surface area (Å²) in [5.41, 5.74) is 1.72. The first-order valence-corrected chi connectivity index (χ1v) is 8.41. The Hall–Kier alpha value is -1.59. The fourth-order valence-electron chi connectivity index (χ4n) is 3.12. The second-order valence-electron chi connectivity index (χ2n) is 6.14. The normalized spacial score (nSPS) is 24.3. The van der Waals surface area contributed by atoms with Gasteiger partial charge in [-0.05, 0) is 49.9 Å². The molecule has 2 aliphatic rings. The lowest BCUT2D eigenvalue weighted by Crippen LogP contribution is -2.39. The van der Waals surface area contributed by atoms with Gasteiger partial charge >= 0.3 is 0 Å². The van der Waals surface area contributed by atoms with Crippen molar-refractivity contribution in [1.82, 2.24) is 5.32 Å². The topological polar surface area (TPSA) is 58.6 Å². The molecule has 2 heterocycles. The van der Waals surface area contributed by atoms with Crippen LogP contribution in [0.1, 0.15) is 24.8 Å². The summed E-state index contributed by atoms with van der Waals surface area (Å²) in [6, 6.07) is 5.48. The average molecular weight is 337 g/mol. The predicted octanol–water partition coefficient (Wildman–Crippen LogP) is 2.30. The quantitative estimate of drug-likeness (QED) is 0.858. The Morgan fingerprint density at radius 2 is 2.26 bits per heavy atom. The number of nitrogens with one attached hydrogen (secondary N) is 1. The summed E-state index contributed by atoms with van der Waals surface area (Å²) >= 11 is 6.03. The molecule has 0 saturated carbocycles. The number of hydrogen-bond acceptors (Lipinski definition) is 3. The molecule has 0 aromatic heterocycles. The standard InChI is InChI=1S/C17H21ClN2O3/c1-11-9-12(4-5-15(11)18)20-7-6-14(17(20)22)16(21)19-10-13-3-2-8-23-13/h4-5,9,13-14H,2-3,6-8,10H2,1H3,(H,19,21). The van der Waals surface area contributed by atoms with Crippen LogP contribution in [0.25, 0.3) is 0 Å². The molecule has 2 atom stereocenters. The number of carbonyl (C=O) groups excluding carboxylic acids is 2. The lowest BCUT2D eigenvalue weighted by Gasteiger charge is -2.18. The maximum Gasteiger partial charge on any atom is 0.239 e. The molecular formula is C17H21ClN2O3. The van der Waals surface area contributed by atoms with Gasteiger partial charge in [0.1, 0.15) is 5.92 Å². The van der Waals surface area contributed by atoms with Crippen molar-refractivity contribution >= 4 is 29.1 Å². The van der Waals surface area contributed by atoms with Crippen LogP contribution >= 0.6 is 11.6 Å². The number of nitrogens with zero attached hydrogens (tertiary/aromatic N) is 1. The summed E-state index contributed by atoms with van der Waals surface area (Å²) in [4.78, 5) is 26.5. The minimum atomic E-state index is -0.604. The van der Waals surface area contributed by atoms with E-state index >= 15 is 0 Å². The Kier molecular flexibility index (Phi) is 4.87. The molecule has 2 saturated heterocycles. The van der Waals surface area contributed by atoms with Gasteiger partial charge < -0.3 is 15.0 Å². The molecule has 1 aromatic rings. The van der Waals surface area contributed by atoms with Crippen LogP contribution in [0.15, 0.2) is 18.2 Å². The van der Waals surface area contributed by atoms with Crippen molar-refractivity contribution in [2.24, 2.45) is 5.92 Å². The second kappa shape index (κ2) is 6.89. The smallest absolute Gasteiger partial charge is 0.239 e. The molecule has 1 N–H and O–H groups in total. The van der Waals surface area contributed by atoms with E-state index in [4.69, 9.17) is 16.3 Å². The van der Waals surface area contributed by atoms with Gasteiger partial charge in [0.25, 0.3) is 0 Å². The van der Waals surface area contributed by atoms with Crippen LogP contribution in [0.2, 0.25) is 5.02 Å². The highest BCUT2D eigenvalue weighted by molar-refractivity contribution is 6.31. The van der Waals surface area contributed by atoms with Crippen LogP contribution in [0.4, 0.5) is 5.69 Å². The number of rotatable bonds is 4. The molecule has 0 radical (unpaired) electrons. The second-order valence-corrected chi connectivity index (χ2v) is 6.55. The molecule has 23 heavy (non-hydrogen) atoms. The molecule has 0 aliphatic carbocycles. The van der Waals surface area contributed by atoms with Crippen LogP contribution in [0.5, 0.6) is 0 Å². The van der Waals surface area contributed by atoms with Crippen LogP contribution in [-0.2, 0) is 14.3 Å². The number of carbonyl (C=O) groups is 2. The van der Waals surface area contributed by atoms with Gasteiger partial charge in [0, 0.05) is 30.4 Å². The predicted molar refractivity (Wildman–Crippen MR) is 88.6 cm³/mol. The van der Waals surface area contributed by atoms with Gasteiger partial charge in [-0.15, -0.1) is 0 Å². The van der Waals surface area contributed by atoms with Gasteiger partial charge in [-0.1, -0.05) is 11.6 Å². The third-order valence-corrected chi connectivity index (χ3v) is 4.93. The highest BCUT2D eigenvalue weighted by atomic mass is 35.5. The molecule has 2 amide bonds. The van der Waals surface area contributed by atoms with E-state index in [1.165, 1.54) is 0 Å². The zero-order chi connectivity index (χ0) is 16.4. The summed E-state index contributed by atoms with van der Waals surface area (Å²) in [5.74, 6) is -0.942. The van der Waals surface area contributed by atoms with Crippen LogP contribution in [0.3, 0.4) is 0 Å². The van der Waals surface area contributed by atoms with Crippen molar-refractivity contribution < 1.29 is 14.3 Å². The van der Waals surface area contributed by atoms with Crippen molar-refractivity contribution in [2.75, 3.05) is 24.6 Å². The van der Waals surface area contributed by atoms with Gasteiger partial charge in [0.15, 0.2) is 0 Å². The SMILES string of the molecule is Cc1cc(N2CCC(C(=O)NCC3CCCO3)C2=O)ccc1Cl. The van der Waals surface area contributed by atoms with E-state index in [2.05, 4.69) is 5.32 Å². The highest BCUT2D eigenvalue weighted by Gasteiger charge is 2.37. The molecule has 0 spiro atoms. The molecule has 0 bridgehead atoms. The lowest BCUT2D eigenvalue weighted by atomic mass is 10.1. The number of anilines is 1. The Bertz CT molecular complexity index is 614. The molecule has 1 aromatic carbocycles. The Balaban J connectivity index is 1.61. The minimum Gasteiger partial charge on any atom is -0.376 e. The maximum atomic E-state index is 12.5. The number of ether oxygens (including phenoxy) is 1. The average Bonchev–Trinajstić information content (AvgIpc) is 3.17. The fraction of sp³-hybridized carbons (Fsp3) is 0.529. The zero-order valence-electron chi connectivity index (χ0n) is 13.2. The first-order chi connectivity index (χ1) is 11.1. The molecule has 3 rings (SSSR count). The summed E-state index contributed by atoms with van der Waals surface area (Å²) in [6.07, 6.45) is 2.63. The van der Waals surface area contributed by atoms with Gasteiger partial charge in [-0.3, -0.25) is 9.59 Å². The number of amides is 2. The largest absolute Gasteiger partial charge is 0.376 e. The fourth-order valence-corrected chi connectivity index (χ4v) is 3.24. The highest BCUT2D eigenvalue weighted by Crippen LogP contribution is 2.28. The number of halogens is 1. The number of benzene rings is 1. The monoisotopic (exact) mass is 336 g/mol. The van der Waals surface area contributed by atoms with Gasteiger partial charge in [0.2, 0.25) is 11.8 Å². The van der Waals surface area contributed by atoms with Crippen molar-refractivity contribution in [1.29, 1.82) is 0 Å². The first kappa shape index (κ1) is 16.3. The number of aryl methyl sites for hydroxylation is 1. The molecule has 2 aliphatic heterocycles. The van der Waals surface area contributed by atoms with E-state index in [-0.39, 0.29) is 17.9 Å². The Morgan fingerprint density at radius 3 is 2.96 bits per heavy atom. The van der Waals surface area contributed by atoms with E-state index in [1.807, 2.05) is 19.1 Å². The van der Waals surface area contributed by atoms with Crippen LogP contribution in [-0.4, -0.2) is 37.6 Å². The zero-order valence-corrected chi connectivity index (χ0v) is 13.9. The van der Waals surface area contributed by atoms with Crippen molar-refractivity contribution in [3.05, 3.63) is 28.8 Å². The molecule has 124 valence electrons. The summed E-state index contributed by atoms with van der Waals surface area (Å²) in [7, 11) is 0. The molecule has 2 unspecified atom stereocenters. The van der Waals surface area contributed by atoms with Gasteiger partial charge in [0.05, 0.1) is 6.10 Å². The summed E-state index contributed by atoms with van der Waals surface area (Å²) < 4.78 is 5.49. The van der Waals surface area contributed by atoms with Crippen LogP contribution < -0.4 is 10.2 Å². The molecule has 5 nitrogen and oxygen atoms in total. The van der Waals surface area contributed by atoms with Gasteiger partial charge in [-0.2, -0.15) is 0 Å². The summed E-state index contributed by atoms with van der Waals surface area (Å²) in [5, 5.41) is 3.53.